The predicted molar refractivity (Wildman–Crippen MR) is 228 cm³/mol. The average molecular weight is 834 g/mol. The van der Waals surface area contributed by atoms with Gasteiger partial charge in [-0.15, -0.1) is 5.10 Å². The number of benzene rings is 2. The zero-order chi connectivity index (χ0) is 43.4. The molecule has 2 saturated heterocycles. The van der Waals surface area contributed by atoms with E-state index in [4.69, 9.17) is 14.2 Å². The number of nitrogens with zero attached hydrogens (tertiary/aromatic N) is 8. The Bertz CT molecular complexity index is 2530. The number of aryl methyl sites for hydroxylation is 2. The van der Waals surface area contributed by atoms with Gasteiger partial charge in [-0.3, -0.25) is 43.9 Å². The Morgan fingerprint density at radius 1 is 0.951 bits per heavy atom. The monoisotopic (exact) mass is 833 g/mol. The maximum atomic E-state index is 13.3. The molecule has 17 heteroatoms. The van der Waals surface area contributed by atoms with Gasteiger partial charge in [0.15, 0.2) is 0 Å². The van der Waals surface area contributed by atoms with E-state index in [0.29, 0.717) is 49.5 Å². The predicted octanol–water partition coefficient (Wildman–Crippen LogP) is 2.01. The molecule has 3 aliphatic heterocycles. The number of aliphatic imine (C=N–C) groups is 1. The highest BCUT2D eigenvalue weighted by molar-refractivity contribution is 6.23. The van der Waals surface area contributed by atoms with Crippen LogP contribution in [0.25, 0.3) is 23.4 Å². The number of nitrogens with one attached hydrogen (secondary N) is 1. The van der Waals surface area contributed by atoms with Gasteiger partial charge >= 0.3 is 0 Å². The number of imide groups is 2. The number of anilines is 1. The van der Waals surface area contributed by atoms with Crippen molar-refractivity contribution in [3.63, 3.8) is 0 Å². The quantitative estimate of drug-likeness (QED) is 0.136. The summed E-state index contributed by atoms with van der Waals surface area (Å²) >= 11 is 0. The van der Waals surface area contributed by atoms with Crippen molar-refractivity contribution in [3.05, 3.63) is 85.9 Å². The van der Waals surface area contributed by atoms with E-state index in [2.05, 4.69) is 37.1 Å². The molecule has 2 aromatic heterocycles. The Hall–Kier alpha value is -6.46. The largest absolute Gasteiger partial charge is 0.496 e. The first-order chi connectivity index (χ1) is 29.4. The lowest BCUT2D eigenvalue weighted by Crippen LogP contribution is -2.54. The number of amides is 4. The Kier molecular flexibility index (Phi) is 12.9. The zero-order valence-corrected chi connectivity index (χ0v) is 35.2. The lowest BCUT2D eigenvalue weighted by molar-refractivity contribution is -0.136. The van der Waals surface area contributed by atoms with Gasteiger partial charge in [0.05, 0.1) is 55.0 Å². The van der Waals surface area contributed by atoms with E-state index < -0.39 is 29.7 Å². The highest BCUT2D eigenvalue weighted by Gasteiger charge is 2.45. The van der Waals surface area contributed by atoms with Crippen LogP contribution in [0.5, 0.6) is 11.5 Å². The van der Waals surface area contributed by atoms with Gasteiger partial charge in [0, 0.05) is 63.3 Å². The van der Waals surface area contributed by atoms with Crippen molar-refractivity contribution in [2.45, 2.75) is 70.9 Å². The van der Waals surface area contributed by atoms with Crippen LogP contribution in [0.1, 0.15) is 71.0 Å². The molecule has 0 aliphatic carbocycles. The number of aromatic nitrogens is 4. The number of ether oxygens (including phenoxy) is 3. The smallest absolute Gasteiger partial charge is 0.262 e. The molecule has 4 amide bonds. The van der Waals surface area contributed by atoms with Crippen molar-refractivity contribution in [2.75, 3.05) is 45.8 Å². The topological polar surface area (TPSA) is 183 Å². The van der Waals surface area contributed by atoms with Crippen molar-refractivity contribution in [1.82, 2.24) is 34.7 Å². The van der Waals surface area contributed by atoms with Crippen LogP contribution in [0.2, 0.25) is 0 Å². The fraction of sp³-hybridized carbons (Fsp3) is 0.409. The summed E-state index contributed by atoms with van der Waals surface area (Å²) in [5.74, 6) is -0.711. The number of carbonyl (C=O) groups excluding carboxylic acids is 4. The molecule has 1 unspecified atom stereocenters. The zero-order valence-electron chi connectivity index (χ0n) is 35.2. The Labute approximate surface area is 352 Å². The summed E-state index contributed by atoms with van der Waals surface area (Å²) in [4.78, 5) is 72.5. The van der Waals surface area contributed by atoms with Gasteiger partial charge in [-0.1, -0.05) is 11.3 Å². The van der Waals surface area contributed by atoms with Gasteiger partial charge < -0.3 is 28.6 Å². The van der Waals surface area contributed by atoms with E-state index in [1.165, 1.54) is 10.8 Å². The molecule has 7 rings (SSSR count). The SMILES string of the molecule is C=N/C=c1/c(=O)n(C)cc(-c2cc(OC)c(CN(C)CCCn3cc(COC4CCN(c5ccc6c(c5)C(=O)N(C5CCC(=O)NC5=O)C6=O)CC4)nn3)c(OC)c2)/c1=C/C. The molecule has 17 nitrogen and oxygen atoms in total. The Balaban J connectivity index is 0.887. The van der Waals surface area contributed by atoms with Crippen molar-refractivity contribution in [3.8, 4) is 22.6 Å². The third kappa shape index (κ3) is 8.88. The number of hydrogen-bond donors (Lipinski definition) is 1. The van der Waals surface area contributed by atoms with Crippen LogP contribution in [-0.2, 0) is 41.1 Å². The molecule has 1 N–H and O–H groups in total. The van der Waals surface area contributed by atoms with Gasteiger partial charge in [0.25, 0.3) is 17.4 Å². The van der Waals surface area contributed by atoms with E-state index in [-0.39, 0.29) is 35.6 Å². The maximum absolute atomic E-state index is 13.3. The van der Waals surface area contributed by atoms with E-state index >= 15 is 0 Å². The number of piperidine rings is 2. The minimum Gasteiger partial charge on any atom is -0.496 e. The average Bonchev–Trinajstić information content (AvgIpc) is 3.82. The van der Waals surface area contributed by atoms with Gasteiger partial charge in [-0.2, -0.15) is 0 Å². The molecule has 3 aliphatic rings. The summed E-state index contributed by atoms with van der Waals surface area (Å²) in [5.41, 5.74) is 4.54. The molecular weight excluding hydrogens is 783 g/mol. The molecule has 1 atom stereocenters. The van der Waals surface area contributed by atoms with Crippen LogP contribution in [-0.4, -0.2) is 113 Å². The first kappa shape index (κ1) is 42.7. The van der Waals surface area contributed by atoms with Crippen LogP contribution >= 0.6 is 0 Å². The summed E-state index contributed by atoms with van der Waals surface area (Å²) < 4.78 is 21.3. The molecule has 320 valence electrons. The molecule has 0 spiro atoms. The van der Waals surface area contributed by atoms with Crippen LogP contribution in [0.4, 0.5) is 5.69 Å². The van der Waals surface area contributed by atoms with Gasteiger partial charge in [-0.25, -0.2) is 0 Å². The minimum atomic E-state index is -0.994. The van der Waals surface area contributed by atoms with E-state index in [1.807, 2.05) is 49.1 Å². The summed E-state index contributed by atoms with van der Waals surface area (Å²) in [6.45, 7) is 9.19. The number of fused-ring (bicyclic) bond motifs is 1. The number of rotatable bonds is 15. The van der Waals surface area contributed by atoms with Crippen molar-refractivity contribution in [1.29, 1.82) is 0 Å². The van der Waals surface area contributed by atoms with E-state index in [1.54, 1.807) is 39.6 Å². The summed E-state index contributed by atoms with van der Waals surface area (Å²) in [5, 5.41) is 12.1. The molecule has 4 aromatic rings. The summed E-state index contributed by atoms with van der Waals surface area (Å²) in [7, 11) is 7.03. The van der Waals surface area contributed by atoms with Crippen LogP contribution in [0.3, 0.4) is 0 Å². The standard InChI is InChI=1S/C44H51N9O8/c1-7-31-34(22-45-2)42(56)50(4)25-35(31)27-19-38(59-5)36(39(20-27)60-6)24-49(3)15-8-16-52-23-28(47-48-52)26-61-30-13-17-51(18-14-30)29-9-10-32-33(21-29)44(58)53(43(32)57)37-11-12-40(54)46-41(37)55/h7,9-10,19-23,25,30,37H,2,8,11-18,24,26H2,1,3-6H3,(H,46,54,55)/b31-7+,34-22+. The fourth-order valence-corrected chi connectivity index (χ4v) is 8.33. The second kappa shape index (κ2) is 18.4. The molecule has 61 heavy (non-hydrogen) atoms. The third-order valence-electron chi connectivity index (χ3n) is 11.5. The third-order valence-corrected chi connectivity index (χ3v) is 11.5. The van der Waals surface area contributed by atoms with Gasteiger partial charge in [0.1, 0.15) is 23.2 Å². The normalized spacial score (nSPS) is 17.7. The molecule has 2 fully saturated rings. The molecular formula is C44H51N9O8. The second-order valence-electron chi connectivity index (χ2n) is 15.5. The fourth-order valence-electron chi connectivity index (χ4n) is 8.33. The van der Waals surface area contributed by atoms with Crippen molar-refractivity contribution >= 4 is 48.3 Å². The first-order valence-corrected chi connectivity index (χ1v) is 20.3. The highest BCUT2D eigenvalue weighted by Crippen LogP contribution is 2.35. The van der Waals surface area contributed by atoms with E-state index in [0.717, 1.165) is 64.0 Å². The number of hydrogen-bond acceptors (Lipinski definition) is 13. The lowest BCUT2D eigenvalue weighted by atomic mass is 10.00. The number of carbonyl (C=O) groups is 4. The number of pyridine rings is 1. The molecule has 0 radical (unpaired) electrons. The van der Waals surface area contributed by atoms with E-state index in [9.17, 15) is 24.0 Å². The Morgan fingerprint density at radius 2 is 1.67 bits per heavy atom. The Morgan fingerprint density at radius 3 is 2.34 bits per heavy atom. The number of methoxy groups -OCH3 is 2. The van der Waals surface area contributed by atoms with Crippen molar-refractivity contribution in [2.24, 2.45) is 12.0 Å². The van der Waals surface area contributed by atoms with Gasteiger partial charge in [-0.05, 0) is 94.0 Å². The molecule has 2 aromatic carbocycles. The highest BCUT2D eigenvalue weighted by atomic mass is 16.5. The van der Waals surface area contributed by atoms with Gasteiger partial charge in [0.2, 0.25) is 11.8 Å². The molecule has 0 saturated carbocycles. The van der Waals surface area contributed by atoms with Crippen LogP contribution < -0.4 is 35.7 Å². The minimum absolute atomic E-state index is 0.0257. The van der Waals surface area contributed by atoms with Crippen LogP contribution in [0, 0.1) is 0 Å². The molecule has 5 heterocycles. The molecule has 0 bridgehead atoms. The van der Waals surface area contributed by atoms with Crippen LogP contribution in [0.15, 0.2) is 52.5 Å². The summed E-state index contributed by atoms with van der Waals surface area (Å²) in [6.07, 6.45) is 9.67. The second-order valence-corrected chi connectivity index (χ2v) is 15.5. The lowest BCUT2D eigenvalue weighted by Gasteiger charge is -2.33. The van der Waals surface area contributed by atoms with Crippen molar-refractivity contribution < 1.29 is 33.4 Å². The first-order valence-electron chi connectivity index (χ1n) is 20.3. The maximum Gasteiger partial charge on any atom is 0.262 e. The summed E-state index contributed by atoms with van der Waals surface area (Å²) in [6, 6.07) is 8.14.